The fourth-order valence-electron chi connectivity index (χ4n) is 1.05. The van der Waals surface area contributed by atoms with Crippen LogP contribution in [0, 0.1) is 6.92 Å². The van der Waals surface area contributed by atoms with Crippen LogP contribution in [-0.2, 0) is 0 Å². The van der Waals surface area contributed by atoms with Gasteiger partial charge in [0.1, 0.15) is 16.7 Å². The van der Waals surface area contributed by atoms with Crippen molar-refractivity contribution in [3.63, 3.8) is 0 Å². The molecule has 0 bridgehead atoms. The molecule has 0 saturated heterocycles. The van der Waals surface area contributed by atoms with Crippen molar-refractivity contribution in [2.75, 3.05) is 0 Å². The second-order valence-corrected chi connectivity index (χ2v) is 4.03. The molecule has 0 aliphatic rings. The van der Waals surface area contributed by atoms with E-state index in [1.165, 1.54) is 0 Å². The fourth-order valence-corrected chi connectivity index (χ4v) is 1.37. The number of aromatic nitrogens is 4. The van der Waals surface area contributed by atoms with Gasteiger partial charge in [-0.3, -0.25) is 0 Å². The standard InChI is InChI=1S/C9H6BrClN4/c1-5-12-3-2-7(14-5)9-13-4-6(10)8(11)15-9/h2-4H,1H3. The van der Waals surface area contributed by atoms with E-state index < -0.39 is 0 Å². The molecule has 0 aliphatic carbocycles. The van der Waals surface area contributed by atoms with Crippen molar-refractivity contribution in [2.45, 2.75) is 6.92 Å². The highest BCUT2D eigenvalue weighted by Gasteiger charge is 2.06. The SMILES string of the molecule is Cc1nccc(-c2ncc(Br)c(Cl)n2)n1. The summed E-state index contributed by atoms with van der Waals surface area (Å²) in [4.78, 5) is 16.4. The number of aryl methyl sites for hydroxylation is 1. The molecule has 0 atom stereocenters. The van der Waals surface area contributed by atoms with Crippen molar-refractivity contribution in [1.82, 2.24) is 19.9 Å². The Bertz CT molecular complexity index is 503. The normalized spacial score (nSPS) is 10.3. The molecule has 2 aromatic rings. The second-order valence-electron chi connectivity index (χ2n) is 2.82. The Labute approximate surface area is 99.9 Å². The Balaban J connectivity index is 2.50. The van der Waals surface area contributed by atoms with Gasteiger partial charge in [0.2, 0.25) is 0 Å². The van der Waals surface area contributed by atoms with Gasteiger partial charge in [-0.25, -0.2) is 19.9 Å². The van der Waals surface area contributed by atoms with Gasteiger partial charge in [0.15, 0.2) is 5.82 Å². The molecular weight excluding hydrogens is 279 g/mol. The maximum Gasteiger partial charge on any atom is 0.179 e. The number of nitrogens with zero attached hydrogens (tertiary/aromatic N) is 4. The third kappa shape index (κ3) is 2.30. The summed E-state index contributed by atoms with van der Waals surface area (Å²) >= 11 is 9.09. The van der Waals surface area contributed by atoms with E-state index in [9.17, 15) is 0 Å². The van der Waals surface area contributed by atoms with Crippen LogP contribution in [0.2, 0.25) is 5.15 Å². The van der Waals surface area contributed by atoms with E-state index in [0.29, 0.717) is 27.0 Å². The van der Waals surface area contributed by atoms with Gasteiger partial charge in [0.25, 0.3) is 0 Å². The lowest BCUT2D eigenvalue weighted by molar-refractivity contribution is 1.03. The summed E-state index contributed by atoms with van der Waals surface area (Å²) in [6.07, 6.45) is 3.26. The van der Waals surface area contributed by atoms with E-state index in [2.05, 4.69) is 35.9 Å². The summed E-state index contributed by atoms with van der Waals surface area (Å²) in [6.45, 7) is 1.81. The maximum atomic E-state index is 5.86. The molecule has 0 aliphatic heterocycles. The molecule has 0 fully saturated rings. The number of rotatable bonds is 1. The van der Waals surface area contributed by atoms with E-state index in [1.807, 2.05) is 6.92 Å². The van der Waals surface area contributed by atoms with Crippen molar-refractivity contribution >= 4 is 27.5 Å². The molecule has 2 rings (SSSR count). The zero-order valence-corrected chi connectivity index (χ0v) is 10.1. The number of hydrogen-bond donors (Lipinski definition) is 0. The summed E-state index contributed by atoms with van der Waals surface area (Å²) in [7, 11) is 0. The first-order chi connectivity index (χ1) is 7.16. The molecule has 76 valence electrons. The van der Waals surface area contributed by atoms with Gasteiger partial charge in [0.05, 0.1) is 4.47 Å². The van der Waals surface area contributed by atoms with Gasteiger partial charge in [-0.1, -0.05) is 11.6 Å². The molecular formula is C9H6BrClN4. The Kier molecular flexibility index (Phi) is 2.93. The number of hydrogen-bond acceptors (Lipinski definition) is 4. The lowest BCUT2D eigenvalue weighted by atomic mass is 10.3. The van der Waals surface area contributed by atoms with Crippen LogP contribution in [0.3, 0.4) is 0 Å². The third-order valence-corrected chi connectivity index (χ3v) is 2.80. The summed E-state index contributed by atoms with van der Waals surface area (Å²) in [6, 6.07) is 1.74. The molecule has 2 heterocycles. The van der Waals surface area contributed by atoms with Crippen LogP contribution in [-0.4, -0.2) is 19.9 Å². The molecule has 2 aromatic heterocycles. The molecule has 0 aromatic carbocycles. The van der Waals surface area contributed by atoms with Gasteiger partial charge in [-0.2, -0.15) is 0 Å². The van der Waals surface area contributed by atoms with Gasteiger partial charge in [-0.15, -0.1) is 0 Å². The highest BCUT2D eigenvalue weighted by Crippen LogP contribution is 2.21. The average molecular weight is 286 g/mol. The molecule has 0 amide bonds. The lowest BCUT2D eigenvalue weighted by Crippen LogP contribution is -1.95. The minimum Gasteiger partial charge on any atom is -0.242 e. The predicted molar refractivity (Wildman–Crippen MR) is 60.5 cm³/mol. The summed E-state index contributed by atoms with van der Waals surface area (Å²) < 4.78 is 0.665. The van der Waals surface area contributed by atoms with Crippen molar-refractivity contribution in [3.8, 4) is 11.5 Å². The van der Waals surface area contributed by atoms with Crippen LogP contribution in [0.15, 0.2) is 22.9 Å². The summed E-state index contributed by atoms with van der Waals surface area (Å²) in [5.41, 5.74) is 0.664. The molecule has 0 saturated carbocycles. The van der Waals surface area contributed by atoms with E-state index in [0.717, 1.165) is 0 Å². The van der Waals surface area contributed by atoms with E-state index in [-0.39, 0.29) is 0 Å². The predicted octanol–water partition coefficient (Wildman–Crippen LogP) is 2.66. The molecule has 0 N–H and O–H groups in total. The van der Waals surface area contributed by atoms with Gasteiger partial charge in [-0.05, 0) is 28.9 Å². The van der Waals surface area contributed by atoms with Crippen LogP contribution < -0.4 is 0 Å². The second kappa shape index (κ2) is 4.20. The fraction of sp³-hybridized carbons (Fsp3) is 0.111. The smallest absolute Gasteiger partial charge is 0.179 e. The van der Waals surface area contributed by atoms with Crippen LogP contribution in [0.25, 0.3) is 11.5 Å². The molecule has 0 radical (unpaired) electrons. The third-order valence-electron chi connectivity index (χ3n) is 1.71. The number of halogens is 2. The highest BCUT2D eigenvalue weighted by atomic mass is 79.9. The van der Waals surface area contributed by atoms with Crippen LogP contribution >= 0.6 is 27.5 Å². The van der Waals surface area contributed by atoms with Gasteiger partial charge < -0.3 is 0 Å². The van der Waals surface area contributed by atoms with Gasteiger partial charge >= 0.3 is 0 Å². The Morgan fingerprint density at radius 3 is 2.73 bits per heavy atom. The molecule has 4 nitrogen and oxygen atoms in total. The first-order valence-corrected chi connectivity index (χ1v) is 5.32. The molecule has 0 spiro atoms. The molecule has 0 unspecified atom stereocenters. The highest BCUT2D eigenvalue weighted by molar-refractivity contribution is 9.10. The van der Waals surface area contributed by atoms with Crippen molar-refractivity contribution in [3.05, 3.63) is 33.9 Å². The first kappa shape index (κ1) is 10.4. The molecule has 6 heteroatoms. The van der Waals surface area contributed by atoms with Crippen molar-refractivity contribution in [2.24, 2.45) is 0 Å². The Morgan fingerprint density at radius 1 is 1.27 bits per heavy atom. The monoisotopic (exact) mass is 284 g/mol. The van der Waals surface area contributed by atoms with Crippen LogP contribution in [0.5, 0.6) is 0 Å². The van der Waals surface area contributed by atoms with Crippen molar-refractivity contribution in [1.29, 1.82) is 0 Å². The van der Waals surface area contributed by atoms with E-state index in [4.69, 9.17) is 11.6 Å². The van der Waals surface area contributed by atoms with E-state index in [1.54, 1.807) is 18.5 Å². The molecule has 15 heavy (non-hydrogen) atoms. The minimum atomic E-state index is 0.372. The first-order valence-electron chi connectivity index (χ1n) is 4.15. The largest absolute Gasteiger partial charge is 0.242 e. The zero-order valence-electron chi connectivity index (χ0n) is 7.78. The minimum absolute atomic E-state index is 0.372. The van der Waals surface area contributed by atoms with E-state index >= 15 is 0 Å². The quantitative estimate of drug-likeness (QED) is 0.756. The Morgan fingerprint density at radius 2 is 2.07 bits per heavy atom. The van der Waals surface area contributed by atoms with Gasteiger partial charge in [0, 0.05) is 12.4 Å². The maximum absolute atomic E-state index is 5.86. The summed E-state index contributed by atoms with van der Waals surface area (Å²) in [5.74, 6) is 1.17. The van der Waals surface area contributed by atoms with Crippen LogP contribution in [0.4, 0.5) is 0 Å². The Hall–Kier alpha value is -1.07. The topological polar surface area (TPSA) is 51.6 Å². The summed E-state index contributed by atoms with van der Waals surface area (Å²) in [5, 5.41) is 0.372. The lowest BCUT2D eigenvalue weighted by Gasteiger charge is -2.00. The van der Waals surface area contributed by atoms with Crippen molar-refractivity contribution < 1.29 is 0 Å². The zero-order chi connectivity index (χ0) is 10.8. The van der Waals surface area contributed by atoms with Crippen LogP contribution in [0.1, 0.15) is 5.82 Å². The average Bonchev–Trinajstić information content (AvgIpc) is 2.22.